The average molecular weight is 266 g/mol. The Morgan fingerprint density at radius 2 is 2.39 bits per heavy atom. The monoisotopic (exact) mass is 266 g/mol. The number of aromatic nitrogens is 2. The van der Waals surface area contributed by atoms with Gasteiger partial charge in [0, 0.05) is 18.3 Å². The molecule has 0 aliphatic heterocycles. The number of rotatable bonds is 5. The van der Waals surface area contributed by atoms with Gasteiger partial charge in [0.05, 0.1) is 12.3 Å². The van der Waals surface area contributed by atoms with Crippen LogP contribution < -0.4 is 4.74 Å². The zero-order valence-electron chi connectivity index (χ0n) is 10.2. The number of aromatic carboxylic acids is 1. The lowest BCUT2D eigenvalue weighted by Gasteiger charge is -2.06. The molecule has 0 fully saturated rings. The molecular weight excluding hydrogens is 252 g/mol. The summed E-state index contributed by atoms with van der Waals surface area (Å²) in [6.07, 6.45) is 0.765. The van der Waals surface area contributed by atoms with Crippen LogP contribution in [-0.4, -0.2) is 27.5 Å². The van der Waals surface area contributed by atoms with Crippen molar-refractivity contribution in [3.8, 4) is 5.88 Å². The van der Waals surface area contributed by atoms with Crippen molar-refractivity contribution in [2.24, 2.45) is 7.05 Å². The Balaban J connectivity index is 2.07. The van der Waals surface area contributed by atoms with Gasteiger partial charge in [-0.05, 0) is 18.4 Å². The zero-order valence-corrected chi connectivity index (χ0v) is 11.0. The van der Waals surface area contributed by atoms with Crippen molar-refractivity contribution in [3.63, 3.8) is 0 Å². The molecule has 2 heterocycles. The Labute approximate surface area is 109 Å². The first-order valence-electron chi connectivity index (χ1n) is 5.51. The maximum atomic E-state index is 11.1. The van der Waals surface area contributed by atoms with E-state index in [-0.39, 0.29) is 5.56 Å². The lowest BCUT2D eigenvalue weighted by atomic mass is 10.2. The molecule has 96 valence electrons. The van der Waals surface area contributed by atoms with Crippen LogP contribution >= 0.6 is 11.3 Å². The van der Waals surface area contributed by atoms with Crippen molar-refractivity contribution >= 4 is 17.3 Å². The van der Waals surface area contributed by atoms with Crippen LogP contribution in [0.4, 0.5) is 0 Å². The molecule has 0 aliphatic rings. The van der Waals surface area contributed by atoms with Crippen LogP contribution in [0.25, 0.3) is 0 Å². The highest BCUT2D eigenvalue weighted by Gasteiger charge is 2.20. The predicted octanol–water partition coefficient (Wildman–Crippen LogP) is 2.11. The van der Waals surface area contributed by atoms with Crippen LogP contribution in [-0.2, 0) is 13.5 Å². The van der Waals surface area contributed by atoms with Gasteiger partial charge in [-0.25, -0.2) is 9.48 Å². The summed E-state index contributed by atoms with van der Waals surface area (Å²) >= 11 is 1.66. The normalized spacial score (nSPS) is 10.6. The molecule has 0 saturated carbocycles. The van der Waals surface area contributed by atoms with E-state index in [1.165, 1.54) is 9.56 Å². The third-order valence-electron chi connectivity index (χ3n) is 2.55. The number of aryl methyl sites for hydroxylation is 2. The van der Waals surface area contributed by atoms with E-state index >= 15 is 0 Å². The molecule has 0 unspecified atom stereocenters. The van der Waals surface area contributed by atoms with Crippen molar-refractivity contribution < 1.29 is 14.6 Å². The van der Waals surface area contributed by atoms with Gasteiger partial charge >= 0.3 is 5.97 Å². The molecule has 0 radical (unpaired) electrons. The van der Waals surface area contributed by atoms with Gasteiger partial charge < -0.3 is 9.84 Å². The fourth-order valence-electron chi connectivity index (χ4n) is 1.75. The number of thiophene rings is 1. The summed E-state index contributed by atoms with van der Waals surface area (Å²) in [6.45, 7) is 2.11. The third kappa shape index (κ3) is 2.53. The molecule has 0 aromatic carbocycles. The smallest absolute Gasteiger partial charge is 0.343 e. The fraction of sp³-hybridized carbons (Fsp3) is 0.333. The summed E-state index contributed by atoms with van der Waals surface area (Å²) < 4.78 is 7.02. The van der Waals surface area contributed by atoms with E-state index in [0.717, 1.165) is 6.42 Å². The van der Waals surface area contributed by atoms with Gasteiger partial charge in [-0.15, -0.1) is 11.3 Å². The van der Waals surface area contributed by atoms with Crippen LogP contribution in [0.5, 0.6) is 5.88 Å². The number of carboxylic acid groups (broad SMARTS) is 1. The van der Waals surface area contributed by atoms with Gasteiger partial charge in [0.2, 0.25) is 5.88 Å². The summed E-state index contributed by atoms with van der Waals surface area (Å²) in [5.41, 5.74) is 0.611. The van der Waals surface area contributed by atoms with E-state index in [0.29, 0.717) is 18.2 Å². The van der Waals surface area contributed by atoms with E-state index < -0.39 is 5.97 Å². The standard InChI is InChI=1S/C12H14N2O3S/c1-8-10(12(15)16)11(14(2)13-8)17-6-5-9-4-3-7-18-9/h3-4,7H,5-6H2,1-2H3,(H,15,16). The van der Waals surface area contributed by atoms with Gasteiger partial charge in [0.15, 0.2) is 0 Å². The van der Waals surface area contributed by atoms with Crippen LogP contribution in [0.15, 0.2) is 17.5 Å². The van der Waals surface area contributed by atoms with Gasteiger partial charge in [-0.1, -0.05) is 6.07 Å². The Bertz CT molecular complexity index is 546. The minimum Gasteiger partial charge on any atom is -0.477 e. The van der Waals surface area contributed by atoms with Crippen molar-refractivity contribution in [1.82, 2.24) is 9.78 Å². The van der Waals surface area contributed by atoms with E-state index in [1.54, 1.807) is 25.3 Å². The molecule has 0 atom stereocenters. The van der Waals surface area contributed by atoms with Crippen molar-refractivity contribution in [3.05, 3.63) is 33.6 Å². The summed E-state index contributed by atoms with van der Waals surface area (Å²) in [5, 5.41) is 15.2. The van der Waals surface area contributed by atoms with Crippen molar-refractivity contribution in [2.45, 2.75) is 13.3 Å². The van der Waals surface area contributed by atoms with E-state index in [1.807, 2.05) is 17.5 Å². The first kappa shape index (κ1) is 12.6. The number of ether oxygens (including phenoxy) is 1. The van der Waals surface area contributed by atoms with Crippen molar-refractivity contribution in [1.29, 1.82) is 0 Å². The second-order valence-electron chi connectivity index (χ2n) is 3.87. The molecule has 1 N–H and O–H groups in total. The molecule has 2 aromatic rings. The molecule has 2 aromatic heterocycles. The minimum atomic E-state index is -1.01. The molecule has 0 bridgehead atoms. The fourth-order valence-corrected chi connectivity index (χ4v) is 2.44. The molecule has 0 aliphatic carbocycles. The Morgan fingerprint density at radius 1 is 1.61 bits per heavy atom. The van der Waals surface area contributed by atoms with Crippen LogP contribution in [0, 0.1) is 6.92 Å². The Kier molecular flexibility index (Phi) is 3.66. The van der Waals surface area contributed by atoms with Gasteiger partial charge in [-0.3, -0.25) is 0 Å². The first-order valence-corrected chi connectivity index (χ1v) is 6.39. The summed E-state index contributed by atoms with van der Waals surface area (Å²) in [6, 6.07) is 4.01. The molecule has 5 nitrogen and oxygen atoms in total. The third-order valence-corrected chi connectivity index (χ3v) is 3.49. The molecule has 0 amide bonds. The maximum absolute atomic E-state index is 11.1. The molecule has 0 spiro atoms. The lowest BCUT2D eigenvalue weighted by Crippen LogP contribution is -2.08. The zero-order chi connectivity index (χ0) is 13.1. The highest BCUT2D eigenvalue weighted by atomic mass is 32.1. The predicted molar refractivity (Wildman–Crippen MR) is 68.4 cm³/mol. The summed E-state index contributed by atoms with van der Waals surface area (Å²) in [7, 11) is 1.68. The number of carboxylic acids is 1. The Hall–Kier alpha value is -1.82. The largest absolute Gasteiger partial charge is 0.477 e. The highest BCUT2D eigenvalue weighted by molar-refractivity contribution is 7.09. The molecule has 18 heavy (non-hydrogen) atoms. The van der Waals surface area contributed by atoms with E-state index in [9.17, 15) is 4.79 Å². The van der Waals surface area contributed by atoms with Crippen LogP contribution in [0.2, 0.25) is 0 Å². The minimum absolute atomic E-state index is 0.142. The second-order valence-corrected chi connectivity index (χ2v) is 4.90. The topological polar surface area (TPSA) is 64.4 Å². The maximum Gasteiger partial charge on any atom is 0.343 e. The SMILES string of the molecule is Cc1nn(C)c(OCCc2cccs2)c1C(=O)O. The number of nitrogens with zero attached hydrogens (tertiary/aromatic N) is 2. The Morgan fingerprint density at radius 3 is 3.00 bits per heavy atom. The van der Waals surface area contributed by atoms with E-state index in [2.05, 4.69) is 5.10 Å². The van der Waals surface area contributed by atoms with Crippen LogP contribution in [0.3, 0.4) is 0 Å². The van der Waals surface area contributed by atoms with Gasteiger partial charge in [-0.2, -0.15) is 5.10 Å². The lowest BCUT2D eigenvalue weighted by molar-refractivity contribution is 0.0691. The van der Waals surface area contributed by atoms with E-state index in [4.69, 9.17) is 9.84 Å². The van der Waals surface area contributed by atoms with Crippen molar-refractivity contribution in [2.75, 3.05) is 6.61 Å². The molecule has 2 rings (SSSR count). The van der Waals surface area contributed by atoms with Gasteiger partial charge in [0.25, 0.3) is 0 Å². The summed E-state index contributed by atoms with van der Waals surface area (Å²) in [5.74, 6) is -0.691. The molecular formula is C12H14N2O3S. The van der Waals surface area contributed by atoms with Crippen LogP contribution in [0.1, 0.15) is 20.9 Å². The quantitative estimate of drug-likeness (QED) is 0.900. The number of hydrogen-bond donors (Lipinski definition) is 1. The summed E-state index contributed by atoms with van der Waals surface area (Å²) in [4.78, 5) is 12.3. The molecule has 6 heteroatoms. The second kappa shape index (κ2) is 5.22. The average Bonchev–Trinajstić information content (AvgIpc) is 2.87. The highest BCUT2D eigenvalue weighted by Crippen LogP contribution is 2.21. The number of carbonyl (C=O) groups is 1. The number of hydrogen-bond acceptors (Lipinski definition) is 4. The first-order chi connectivity index (χ1) is 8.59. The van der Waals surface area contributed by atoms with Gasteiger partial charge in [0.1, 0.15) is 5.56 Å². The molecule has 0 saturated heterocycles.